The molecule has 0 saturated heterocycles. The maximum Gasteiger partial charge on any atom is 0.293 e. The monoisotopic (exact) mass is 230 g/mol. The van der Waals surface area contributed by atoms with E-state index >= 15 is 0 Å². The standard InChI is InChI=1S/C11H10N4O2/c16-11(10-4-6-12-8-14-10)15-17-7-9-3-1-2-5-13-9/h1-6,8H,7H2,(H,15,16). The first-order valence-electron chi connectivity index (χ1n) is 4.94. The first-order valence-corrected chi connectivity index (χ1v) is 4.94. The molecule has 6 heteroatoms. The third kappa shape index (κ3) is 3.32. The van der Waals surface area contributed by atoms with Gasteiger partial charge in [0.05, 0.1) is 5.69 Å². The molecule has 0 radical (unpaired) electrons. The van der Waals surface area contributed by atoms with Crippen molar-refractivity contribution in [1.82, 2.24) is 20.4 Å². The van der Waals surface area contributed by atoms with E-state index in [2.05, 4.69) is 20.4 Å². The van der Waals surface area contributed by atoms with Crippen molar-refractivity contribution in [2.24, 2.45) is 0 Å². The molecule has 0 fully saturated rings. The summed E-state index contributed by atoms with van der Waals surface area (Å²) in [6.45, 7) is 0.206. The normalized spacial score (nSPS) is 9.88. The Hall–Kier alpha value is -2.34. The Morgan fingerprint density at radius 3 is 2.88 bits per heavy atom. The van der Waals surface area contributed by atoms with Crippen LogP contribution in [0.1, 0.15) is 16.2 Å². The molecule has 0 aliphatic rings. The minimum Gasteiger partial charge on any atom is -0.267 e. The third-order valence-electron chi connectivity index (χ3n) is 1.93. The van der Waals surface area contributed by atoms with Crippen LogP contribution in [0, 0.1) is 0 Å². The molecule has 0 aliphatic carbocycles. The van der Waals surface area contributed by atoms with E-state index in [1.54, 1.807) is 12.3 Å². The van der Waals surface area contributed by atoms with Crippen LogP contribution in [-0.2, 0) is 11.4 Å². The summed E-state index contributed by atoms with van der Waals surface area (Å²) < 4.78 is 0. The van der Waals surface area contributed by atoms with E-state index in [-0.39, 0.29) is 12.3 Å². The van der Waals surface area contributed by atoms with Crippen molar-refractivity contribution in [3.8, 4) is 0 Å². The summed E-state index contributed by atoms with van der Waals surface area (Å²) in [7, 11) is 0. The second-order valence-corrected chi connectivity index (χ2v) is 3.14. The number of hydrogen-bond donors (Lipinski definition) is 1. The number of nitrogens with one attached hydrogen (secondary N) is 1. The SMILES string of the molecule is O=C(NOCc1ccccn1)c1ccncn1. The van der Waals surface area contributed by atoms with E-state index in [0.29, 0.717) is 0 Å². The van der Waals surface area contributed by atoms with Gasteiger partial charge < -0.3 is 0 Å². The summed E-state index contributed by atoms with van der Waals surface area (Å²) in [5.41, 5.74) is 3.26. The van der Waals surface area contributed by atoms with Gasteiger partial charge in [0, 0.05) is 12.4 Å². The van der Waals surface area contributed by atoms with Crippen molar-refractivity contribution in [3.63, 3.8) is 0 Å². The lowest BCUT2D eigenvalue weighted by Crippen LogP contribution is -2.24. The van der Waals surface area contributed by atoms with E-state index in [1.165, 1.54) is 18.6 Å². The van der Waals surface area contributed by atoms with Crippen LogP contribution in [0.25, 0.3) is 0 Å². The average molecular weight is 230 g/mol. The van der Waals surface area contributed by atoms with E-state index in [1.807, 2.05) is 12.1 Å². The highest BCUT2D eigenvalue weighted by atomic mass is 16.6. The van der Waals surface area contributed by atoms with Crippen LogP contribution < -0.4 is 5.48 Å². The highest BCUT2D eigenvalue weighted by molar-refractivity contribution is 5.91. The molecular weight excluding hydrogens is 220 g/mol. The fourth-order valence-electron chi connectivity index (χ4n) is 1.14. The summed E-state index contributed by atoms with van der Waals surface area (Å²) in [6.07, 6.45) is 4.44. The van der Waals surface area contributed by atoms with E-state index < -0.39 is 5.91 Å². The van der Waals surface area contributed by atoms with Crippen LogP contribution in [0.4, 0.5) is 0 Å². The van der Waals surface area contributed by atoms with Gasteiger partial charge in [-0.15, -0.1) is 0 Å². The maximum atomic E-state index is 11.5. The molecule has 6 nitrogen and oxygen atoms in total. The number of carbonyl (C=O) groups is 1. The van der Waals surface area contributed by atoms with Crippen LogP contribution in [0.15, 0.2) is 43.0 Å². The molecule has 1 N–H and O–H groups in total. The van der Waals surface area contributed by atoms with Gasteiger partial charge in [-0.2, -0.15) is 0 Å². The van der Waals surface area contributed by atoms with E-state index in [0.717, 1.165) is 5.69 Å². The van der Waals surface area contributed by atoms with Crippen LogP contribution in [0.3, 0.4) is 0 Å². The zero-order valence-electron chi connectivity index (χ0n) is 8.91. The molecule has 2 aromatic heterocycles. The zero-order valence-corrected chi connectivity index (χ0v) is 8.91. The molecule has 2 aromatic rings. The summed E-state index contributed by atoms with van der Waals surface area (Å²) in [4.78, 5) is 28.0. The lowest BCUT2D eigenvalue weighted by atomic mass is 10.4. The molecule has 0 saturated carbocycles. The highest BCUT2D eigenvalue weighted by Crippen LogP contribution is 1.95. The number of nitrogens with zero attached hydrogens (tertiary/aromatic N) is 3. The zero-order chi connectivity index (χ0) is 11.9. The van der Waals surface area contributed by atoms with Gasteiger partial charge in [0.1, 0.15) is 18.6 Å². The molecule has 2 rings (SSSR count). The van der Waals surface area contributed by atoms with Crippen LogP contribution in [-0.4, -0.2) is 20.9 Å². The number of amides is 1. The van der Waals surface area contributed by atoms with Crippen molar-refractivity contribution < 1.29 is 9.63 Å². The second-order valence-electron chi connectivity index (χ2n) is 3.14. The van der Waals surface area contributed by atoms with E-state index in [9.17, 15) is 4.79 Å². The molecule has 2 heterocycles. The van der Waals surface area contributed by atoms with Crippen molar-refractivity contribution in [2.75, 3.05) is 0 Å². The molecule has 0 aromatic carbocycles. The number of pyridine rings is 1. The van der Waals surface area contributed by atoms with Crippen LogP contribution in [0.5, 0.6) is 0 Å². The molecule has 0 bridgehead atoms. The Bertz CT molecular complexity index is 475. The fourth-order valence-corrected chi connectivity index (χ4v) is 1.14. The van der Waals surface area contributed by atoms with Crippen molar-refractivity contribution in [3.05, 3.63) is 54.4 Å². The molecule has 86 valence electrons. The molecule has 0 atom stereocenters. The predicted octanol–water partition coefficient (Wildman–Crippen LogP) is 0.733. The quantitative estimate of drug-likeness (QED) is 0.783. The van der Waals surface area contributed by atoms with E-state index in [4.69, 9.17) is 4.84 Å². The van der Waals surface area contributed by atoms with Gasteiger partial charge in [-0.3, -0.25) is 14.6 Å². The molecular formula is C11H10N4O2. The predicted molar refractivity (Wildman–Crippen MR) is 58.5 cm³/mol. The van der Waals surface area contributed by atoms with Gasteiger partial charge in [-0.25, -0.2) is 15.4 Å². The summed E-state index contributed by atoms with van der Waals surface area (Å²) in [6, 6.07) is 6.96. The smallest absolute Gasteiger partial charge is 0.267 e. The van der Waals surface area contributed by atoms with Crippen LogP contribution >= 0.6 is 0 Å². The number of hydrogen-bond acceptors (Lipinski definition) is 5. The lowest BCUT2D eigenvalue weighted by Gasteiger charge is -2.04. The fraction of sp³-hybridized carbons (Fsp3) is 0.0909. The van der Waals surface area contributed by atoms with Gasteiger partial charge in [0.2, 0.25) is 0 Å². The molecule has 0 aliphatic heterocycles. The van der Waals surface area contributed by atoms with Crippen molar-refractivity contribution in [1.29, 1.82) is 0 Å². The highest BCUT2D eigenvalue weighted by Gasteiger charge is 2.05. The van der Waals surface area contributed by atoms with Gasteiger partial charge in [0.25, 0.3) is 5.91 Å². The van der Waals surface area contributed by atoms with Gasteiger partial charge in [-0.05, 0) is 18.2 Å². The third-order valence-corrected chi connectivity index (χ3v) is 1.93. The summed E-state index contributed by atoms with van der Waals surface area (Å²) in [5.74, 6) is -0.414. The minimum absolute atomic E-state index is 0.206. The number of rotatable bonds is 4. The molecule has 0 spiro atoms. The number of hydroxylamine groups is 1. The topological polar surface area (TPSA) is 77.0 Å². The minimum atomic E-state index is -0.414. The first-order chi connectivity index (χ1) is 8.36. The average Bonchev–Trinajstić information content (AvgIpc) is 2.41. The molecule has 1 amide bonds. The maximum absolute atomic E-state index is 11.5. The summed E-state index contributed by atoms with van der Waals surface area (Å²) in [5, 5.41) is 0. The Kier molecular flexibility index (Phi) is 3.72. The van der Waals surface area contributed by atoms with Crippen molar-refractivity contribution in [2.45, 2.75) is 6.61 Å². The first kappa shape index (κ1) is 11.2. The lowest BCUT2D eigenvalue weighted by molar-refractivity contribution is 0.0218. The van der Waals surface area contributed by atoms with Gasteiger partial charge in [-0.1, -0.05) is 6.07 Å². The van der Waals surface area contributed by atoms with Gasteiger partial charge >= 0.3 is 0 Å². The number of aromatic nitrogens is 3. The molecule has 17 heavy (non-hydrogen) atoms. The van der Waals surface area contributed by atoms with Crippen molar-refractivity contribution >= 4 is 5.91 Å². The summed E-state index contributed by atoms with van der Waals surface area (Å²) >= 11 is 0. The molecule has 0 unspecified atom stereocenters. The number of carbonyl (C=O) groups excluding carboxylic acids is 1. The van der Waals surface area contributed by atoms with Crippen LogP contribution in [0.2, 0.25) is 0 Å². The second kappa shape index (κ2) is 5.66. The Morgan fingerprint density at radius 2 is 2.18 bits per heavy atom. The Labute approximate surface area is 97.7 Å². The largest absolute Gasteiger partial charge is 0.293 e. The Morgan fingerprint density at radius 1 is 1.24 bits per heavy atom. The Balaban J connectivity index is 1.82. The van der Waals surface area contributed by atoms with Gasteiger partial charge in [0.15, 0.2) is 0 Å².